The number of hydrogen-bond donors (Lipinski definition) is 2. The molecule has 2 aromatic carbocycles. The monoisotopic (exact) mass is 448 g/mol. The minimum absolute atomic E-state index is 0.122. The molecule has 30 heavy (non-hydrogen) atoms. The highest BCUT2D eigenvalue weighted by atomic mass is 32.2. The molecule has 0 fully saturated rings. The SMILES string of the molecule is Cc1c(C)c(C)c(CSCC(=O)NNS(=O)(=O)c2ccc(C(C)C)cc2)c(C)c1C. The lowest BCUT2D eigenvalue weighted by molar-refractivity contribution is -0.119. The number of nitrogens with one attached hydrogen (secondary N) is 2. The summed E-state index contributed by atoms with van der Waals surface area (Å²) in [7, 11) is -3.80. The molecule has 2 aromatic rings. The van der Waals surface area contributed by atoms with Crippen LogP contribution in [-0.2, 0) is 20.6 Å². The van der Waals surface area contributed by atoms with Crippen LogP contribution < -0.4 is 10.3 Å². The summed E-state index contributed by atoms with van der Waals surface area (Å²) >= 11 is 1.47. The fourth-order valence-corrected chi connectivity index (χ4v) is 5.15. The van der Waals surface area contributed by atoms with Crippen molar-refractivity contribution < 1.29 is 13.2 Å². The predicted molar refractivity (Wildman–Crippen MR) is 125 cm³/mol. The Hall–Kier alpha value is -1.83. The summed E-state index contributed by atoms with van der Waals surface area (Å²) < 4.78 is 24.8. The van der Waals surface area contributed by atoms with Crippen molar-refractivity contribution in [3.05, 3.63) is 63.2 Å². The quantitative estimate of drug-likeness (QED) is 0.579. The maximum absolute atomic E-state index is 12.4. The molecule has 0 aliphatic carbocycles. The molecule has 5 nitrogen and oxygen atoms in total. The lowest BCUT2D eigenvalue weighted by Gasteiger charge is -2.18. The highest BCUT2D eigenvalue weighted by molar-refractivity contribution is 7.99. The van der Waals surface area contributed by atoms with Crippen molar-refractivity contribution in [2.75, 3.05) is 5.75 Å². The van der Waals surface area contributed by atoms with Gasteiger partial charge in [0, 0.05) is 5.75 Å². The number of carbonyl (C=O) groups excluding carboxylic acids is 1. The number of benzene rings is 2. The number of thioether (sulfide) groups is 1. The van der Waals surface area contributed by atoms with Crippen molar-refractivity contribution in [3.63, 3.8) is 0 Å². The summed E-state index contributed by atoms with van der Waals surface area (Å²) in [6.07, 6.45) is 0. The number of amides is 1. The molecular formula is C23H32N2O3S2. The molecule has 0 saturated carbocycles. The first-order valence-electron chi connectivity index (χ1n) is 9.99. The summed E-state index contributed by atoms with van der Waals surface area (Å²) in [4.78, 5) is 14.5. The molecule has 0 saturated heterocycles. The smallest absolute Gasteiger partial charge is 0.257 e. The normalized spacial score (nSPS) is 11.7. The Morgan fingerprint density at radius 2 is 1.40 bits per heavy atom. The Balaban J connectivity index is 1.93. The lowest BCUT2D eigenvalue weighted by atomic mass is 9.90. The van der Waals surface area contributed by atoms with Crippen LogP contribution in [0.25, 0.3) is 0 Å². The van der Waals surface area contributed by atoms with E-state index in [1.54, 1.807) is 24.3 Å². The molecule has 7 heteroatoms. The van der Waals surface area contributed by atoms with E-state index in [-0.39, 0.29) is 16.6 Å². The first kappa shape index (κ1) is 24.4. The van der Waals surface area contributed by atoms with Gasteiger partial charge in [-0.3, -0.25) is 10.2 Å². The van der Waals surface area contributed by atoms with Crippen LogP contribution in [0.15, 0.2) is 29.2 Å². The number of hydrogen-bond acceptors (Lipinski definition) is 4. The molecule has 0 unspecified atom stereocenters. The van der Waals surface area contributed by atoms with Crippen LogP contribution in [0.1, 0.15) is 58.7 Å². The second kappa shape index (κ2) is 9.98. The second-order valence-electron chi connectivity index (χ2n) is 7.97. The van der Waals surface area contributed by atoms with E-state index in [0.29, 0.717) is 11.7 Å². The Labute approximate surface area is 185 Å². The van der Waals surface area contributed by atoms with Gasteiger partial charge in [0.1, 0.15) is 0 Å². The first-order valence-corrected chi connectivity index (χ1v) is 12.6. The van der Waals surface area contributed by atoms with Gasteiger partial charge in [0.15, 0.2) is 0 Å². The molecule has 0 bridgehead atoms. The third kappa shape index (κ3) is 5.65. The van der Waals surface area contributed by atoms with E-state index in [2.05, 4.69) is 44.9 Å². The Morgan fingerprint density at radius 1 is 0.900 bits per heavy atom. The van der Waals surface area contributed by atoms with Crippen LogP contribution in [0.2, 0.25) is 0 Å². The van der Waals surface area contributed by atoms with Gasteiger partial charge in [0.05, 0.1) is 10.6 Å². The van der Waals surface area contributed by atoms with Gasteiger partial charge < -0.3 is 0 Å². The third-order valence-corrected chi connectivity index (χ3v) is 8.04. The molecule has 2 N–H and O–H groups in total. The number of sulfonamides is 1. The molecular weight excluding hydrogens is 416 g/mol. The predicted octanol–water partition coefficient (Wildman–Crippen LogP) is 4.60. The summed E-state index contributed by atoms with van der Waals surface area (Å²) in [6.45, 7) is 14.7. The molecule has 0 atom stereocenters. The van der Waals surface area contributed by atoms with Crippen molar-refractivity contribution >= 4 is 27.7 Å². The minimum atomic E-state index is -3.80. The van der Waals surface area contributed by atoms with E-state index < -0.39 is 10.0 Å². The van der Waals surface area contributed by atoms with E-state index in [0.717, 1.165) is 5.56 Å². The lowest BCUT2D eigenvalue weighted by Crippen LogP contribution is -2.42. The highest BCUT2D eigenvalue weighted by Crippen LogP contribution is 2.28. The molecule has 0 aromatic heterocycles. The average Bonchev–Trinajstić information content (AvgIpc) is 2.72. The van der Waals surface area contributed by atoms with E-state index in [9.17, 15) is 13.2 Å². The van der Waals surface area contributed by atoms with E-state index >= 15 is 0 Å². The van der Waals surface area contributed by atoms with Crippen molar-refractivity contribution in [1.82, 2.24) is 10.3 Å². The molecule has 164 valence electrons. The zero-order valence-corrected chi connectivity index (χ0v) is 20.5. The van der Waals surface area contributed by atoms with Gasteiger partial charge in [0.25, 0.3) is 10.0 Å². The zero-order valence-electron chi connectivity index (χ0n) is 18.8. The van der Waals surface area contributed by atoms with Gasteiger partial charge in [-0.1, -0.05) is 26.0 Å². The third-order valence-electron chi connectivity index (χ3n) is 5.82. The molecule has 0 aliphatic heterocycles. The molecule has 1 amide bonds. The van der Waals surface area contributed by atoms with Gasteiger partial charge >= 0.3 is 0 Å². The number of carbonyl (C=O) groups is 1. The average molecular weight is 449 g/mol. The van der Waals surface area contributed by atoms with Crippen molar-refractivity contribution in [2.45, 2.75) is 65.0 Å². The molecule has 0 spiro atoms. The maximum atomic E-state index is 12.4. The van der Waals surface area contributed by atoms with E-state index in [1.165, 1.54) is 45.1 Å². The van der Waals surface area contributed by atoms with E-state index in [1.807, 2.05) is 13.8 Å². The zero-order chi connectivity index (χ0) is 22.6. The van der Waals surface area contributed by atoms with Gasteiger partial charge in [0.2, 0.25) is 5.91 Å². The van der Waals surface area contributed by atoms with Gasteiger partial charge in [-0.25, -0.2) is 8.42 Å². The van der Waals surface area contributed by atoms with E-state index in [4.69, 9.17) is 0 Å². The molecule has 0 radical (unpaired) electrons. The second-order valence-corrected chi connectivity index (χ2v) is 10.6. The van der Waals surface area contributed by atoms with Crippen molar-refractivity contribution in [1.29, 1.82) is 0 Å². The fraction of sp³-hybridized carbons (Fsp3) is 0.435. The topological polar surface area (TPSA) is 75.3 Å². The molecule has 0 aliphatic rings. The standard InChI is InChI=1S/C23H32N2O3S2/c1-14(2)20-8-10-21(11-9-20)30(27,28)25-24-23(26)13-29-12-22-18(6)16(4)15(3)17(5)19(22)7/h8-11,14,25H,12-13H2,1-7H3,(H,24,26). The summed E-state index contributed by atoms with van der Waals surface area (Å²) in [6, 6.07) is 6.67. The summed E-state index contributed by atoms with van der Waals surface area (Å²) in [5, 5.41) is 0. The number of hydrazine groups is 1. The Morgan fingerprint density at radius 3 is 1.90 bits per heavy atom. The Kier molecular flexibility index (Phi) is 8.13. The molecule has 0 heterocycles. The largest absolute Gasteiger partial charge is 0.277 e. The van der Waals surface area contributed by atoms with Crippen LogP contribution in [0.5, 0.6) is 0 Å². The van der Waals surface area contributed by atoms with Gasteiger partial charge in [-0.2, -0.15) is 0 Å². The van der Waals surface area contributed by atoms with Crippen LogP contribution >= 0.6 is 11.8 Å². The van der Waals surface area contributed by atoms with Crippen LogP contribution in [0.4, 0.5) is 0 Å². The maximum Gasteiger partial charge on any atom is 0.257 e. The van der Waals surface area contributed by atoms with Gasteiger partial charge in [-0.05, 0) is 91.6 Å². The fourth-order valence-electron chi connectivity index (χ4n) is 3.29. The summed E-state index contributed by atoms with van der Waals surface area (Å²) in [5.74, 6) is 0.814. The minimum Gasteiger partial charge on any atom is -0.277 e. The first-order chi connectivity index (χ1) is 14.0. The van der Waals surface area contributed by atoms with Crippen LogP contribution in [0, 0.1) is 34.6 Å². The Bertz CT molecular complexity index is 998. The van der Waals surface area contributed by atoms with Crippen molar-refractivity contribution in [3.8, 4) is 0 Å². The number of rotatable bonds is 8. The van der Waals surface area contributed by atoms with Crippen molar-refractivity contribution in [2.24, 2.45) is 0 Å². The summed E-state index contributed by atoms with van der Waals surface area (Å²) in [5.41, 5.74) is 11.0. The van der Waals surface area contributed by atoms with Crippen LogP contribution in [-0.4, -0.2) is 20.1 Å². The van der Waals surface area contributed by atoms with Crippen LogP contribution in [0.3, 0.4) is 0 Å². The molecule has 2 rings (SSSR count). The van der Waals surface area contributed by atoms with Gasteiger partial charge in [-0.15, -0.1) is 16.6 Å². The highest BCUT2D eigenvalue weighted by Gasteiger charge is 2.16.